The van der Waals surface area contributed by atoms with Crippen molar-refractivity contribution in [1.29, 1.82) is 5.26 Å². The lowest BCUT2D eigenvalue weighted by Gasteiger charge is -2.11. The summed E-state index contributed by atoms with van der Waals surface area (Å²) in [7, 11) is 0. The van der Waals surface area contributed by atoms with Gasteiger partial charge in [0.05, 0.1) is 16.9 Å². The van der Waals surface area contributed by atoms with Crippen LogP contribution in [0.2, 0.25) is 5.02 Å². The van der Waals surface area contributed by atoms with Gasteiger partial charge in [0.2, 0.25) is 0 Å². The fraction of sp³-hybridized carbons (Fsp3) is 0.143. The number of pyridine rings is 1. The Morgan fingerprint density at radius 3 is 2.44 bits per heavy atom. The molecule has 0 saturated carbocycles. The van der Waals surface area contributed by atoms with Gasteiger partial charge < -0.3 is 0 Å². The van der Waals surface area contributed by atoms with Crippen LogP contribution in [0.25, 0.3) is 0 Å². The van der Waals surface area contributed by atoms with E-state index < -0.39 is 0 Å². The van der Waals surface area contributed by atoms with Crippen LogP contribution in [0.1, 0.15) is 22.4 Å². The Hall–Kier alpha value is -2.68. The number of aryl methyl sites for hydroxylation is 1. The second-order valence-electron chi connectivity index (χ2n) is 5.88. The van der Waals surface area contributed by atoms with Crippen LogP contribution < -0.4 is 0 Å². The molecule has 4 nitrogen and oxygen atoms in total. The third-order valence-corrected chi connectivity index (χ3v) is 5.40. The van der Waals surface area contributed by atoms with Crippen LogP contribution in [-0.2, 0) is 5.75 Å². The van der Waals surface area contributed by atoms with Gasteiger partial charge in [-0.2, -0.15) is 10.4 Å². The van der Waals surface area contributed by atoms with Crippen molar-refractivity contribution in [1.82, 2.24) is 4.98 Å². The second kappa shape index (κ2) is 8.81. The van der Waals surface area contributed by atoms with E-state index in [1.165, 1.54) is 11.8 Å². The van der Waals surface area contributed by atoms with Crippen molar-refractivity contribution in [2.75, 3.05) is 0 Å². The van der Waals surface area contributed by atoms with Crippen molar-refractivity contribution in [3.63, 3.8) is 0 Å². The van der Waals surface area contributed by atoms with Gasteiger partial charge in [-0.25, -0.2) is 4.98 Å². The number of nitrogens with zero attached hydrogens (tertiary/aromatic N) is 4. The van der Waals surface area contributed by atoms with E-state index in [9.17, 15) is 5.26 Å². The third kappa shape index (κ3) is 4.54. The molecular formula is C21H17ClN4S. The minimum Gasteiger partial charge on any atom is -0.243 e. The Morgan fingerprint density at radius 1 is 1.04 bits per heavy atom. The molecule has 1 aromatic heterocycles. The van der Waals surface area contributed by atoms with Crippen LogP contribution in [-0.4, -0.2) is 4.98 Å². The molecule has 0 aliphatic carbocycles. The summed E-state index contributed by atoms with van der Waals surface area (Å²) >= 11 is 7.73. The lowest BCUT2D eigenvalue weighted by atomic mass is 10.1. The van der Waals surface area contributed by atoms with Crippen LogP contribution in [0.3, 0.4) is 0 Å². The zero-order valence-electron chi connectivity index (χ0n) is 15.0. The van der Waals surface area contributed by atoms with Gasteiger partial charge in [-0.3, -0.25) is 0 Å². The van der Waals surface area contributed by atoms with E-state index in [4.69, 9.17) is 11.6 Å². The molecule has 3 aromatic rings. The molecule has 6 heteroatoms. The normalized spacial score (nSPS) is 10.9. The number of hydrogen-bond acceptors (Lipinski definition) is 5. The Bertz CT molecular complexity index is 1030. The summed E-state index contributed by atoms with van der Waals surface area (Å²) in [5, 5.41) is 19.6. The average molecular weight is 393 g/mol. The molecule has 0 atom stereocenters. The summed E-state index contributed by atoms with van der Waals surface area (Å²) in [5.74, 6) is 0.644. The smallest absolute Gasteiger partial charge is 0.115 e. The standard InChI is InChI=1S/C21H17ClN4S/c1-14-18(12-23)21(27-13-16-8-6-7-11-19(16)22)24-15(2)20(14)26-25-17-9-4-3-5-10-17/h3-11H,13H2,1-2H3. The average Bonchev–Trinajstić information content (AvgIpc) is 2.68. The van der Waals surface area contributed by atoms with Crippen LogP contribution in [0.4, 0.5) is 11.4 Å². The van der Waals surface area contributed by atoms with Crippen LogP contribution in [0.15, 0.2) is 69.9 Å². The van der Waals surface area contributed by atoms with E-state index in [0.29, 0.717) is 27.1 Å². The molecule has 0 saturated heterocycles. The van der Waals surface area contributed by atoms with Gasteiger partial charge in [-0.1, -0.05) is 48.0 Å². The van der Waals surface area contributed by atoms with Gasteiger partial charge in [-0.05, 0) is 43.2 Å². The third-order valence-electron chi connectivity index (χ3n) is 4.01. The Labute approximate surface area is 167 Å². The number of benzene rings is 2. The van der Waals surface area contributed by atoms with Gasteiger partial charge in [0.1, 0.15) is 16.8 Å². The maximum absolute atomic E-state index is 9.65. The van der Waals surface area contributed by atoms with Crippen LogP contribution >= 0.6 is 23.4 Å². The molecule has 0 N–H and O–H groups in total. The van der Waals surface area contributed by atoms with Gasteiger partial charge in [0.15, 0.2) is 0 Å². The molecule has 0 bridgehead atoms. The highest BCUT2D eigenvalue weighted by Crippen LogP contribution is 2.34. The van der Waals surface area contributed by atoms with Crippen molar-refractivity contribution in [3.05, 3.63) is 82.0 Å². The first kappa shape index (κ1) is 19.1. The number of nitriles is 1. The molecule has 0 unspecified atom stereocenters. The summed E-state index contributed by atoms with van der Waals surface area (Å²) in [5.41, 5.74) is 4.46. The summed E-state index contributed by atoms with van der Waals surface area (Å²) in [4.78, 5) is 4.61. The minimum atomic E-state index is 0.527. The first-order valence-corrected chi connectivity index (χ1v) is 9.70. The first-order chi connectivity index (χ1) is 13.1. The largest absolute Gasteiger partial charge is 0.243 e. The summed E-state index contributed by atoms with van der Waals surface area (Å²) < 4.78 is 0. The number of hydrogen-bond donors (Lipinski definition) is 0. The van der Waals surface area contributed by atoms with Crippen molar-refractivity contribution >= 4 is 34.7 Å². The lowest BCUT2D eigenvalue weighted by molar-refractivity contribution is 1.01. The maximum Gasteiger partial charge on any atom is 0.115 e. The van der Waals surface area contributed by atoms with Gasteiger partial charge >= 0.3 is 0 Å². The maximum atomic E-state index is 9.65. The van der Waals surface area contributed by atoms with E-state index in [1.807, 2.05) is 68.4 Å². The molecule has 0 fully saturated rings. The molecule has 0 amide bonds. The lowest BCUT2D eigenvalue weighted by Crippen LogP contribution is -1.96. The summed E-state index contributed by atoms with van der Waals surface area (Å²) in [6.07, 6.45) is 0. The monoisotopic (exact) mass is 392 g/mol. The molecule has 3 rings (SSSR count). The van der Waals surface area contributed by atoms with Gasteiger partial charge in [0, 0.05) is 10.8 Å². The van der Waals surface area contributed by atoms with Gasteiger partial charge in [-0.15, -0.1) is 16.9 Å². The number of halogens is 1. The fourth-order valence-electron chi connectivity index (χ4n) is 2.56. The number of azo groups is 1. The van der Waals surface area contributed by atoms with E-state index in [0.717, 1.165) is 22.5 Å². The molecular weight excluding hydrogens is 376 g/mol. The van der Waals surface area contributed by atoms with Crippen molar-refractivity contribution in [3.8, 4) is 6.07 Å². The SMILES string of the molecule is Cc1nc(SCc2ccccc2Cl)c(C#N)c(C)c1N=Nc1ccccc1. The quantitative estimate of drug-likeness (QED) is 0.349. The van der Waals surface area contributed by atoms with E-state index >= 15 is 0 Å². The Balaban J connectivity index is 1.90. The molecule has 2 aromatic carbocycles. The Kier molecular flexibility index (Phi) is 6.23. The second-order valence-corrected chi connectivity index (χ2v) is 7.25. The number of rotatable bonds is 5. The fourth-order valence-corrected chi connectivity index (χ4v) is 3.93. The van der Waals surface area contributed by atoms with E-state index in [1.54, 1.807) is 0 Å². The highest BCUT2D eigenvalue weighted by Gasteiger charge is 2.16. The highest BCUT2D eigenvalue weighted by molar-refractivity contribution is 7.98. The predicted octanol–water partition coefficient (Wildman–Crippen LogP) is 6.93. The molecule has 27 heavy (non-hydrogen) atoms. The summed E-state index contributed by atoms with van der Waals surface area (Å²) in [6, 6.07) is 19.4. The van der Waals surface area contributed by atoms with E-state index in [-0.39, 0.29) is 0 Å². The predicted molar refractivity (Wildman–Crippen MR) is 110 cm³/mol. The van der Waals surface area contributed by atoms with Crippen LogP contribution in [0.5, 0.6) is 0 Å². The van der Waals surface area contributed by atoms with Crippen molar-refractivity contribution in [2.45, 2.75) is 24.6 Å². The summed E-state index contributed by atoms with van der Waals surface area (Å²) in [6.45, 7) is 3.76. The minimum absolute atomic E-state index is 0.527. The first-order valence-electron chi connectivity index (χ1n) is 8.34. The molecule has 0 aliphatic rings. The molecule has 134 valence electrons. The zero-order chi connectivity index (χ0) is 19.2. The van der Waals surface area contributed by atoms with Crippen molar-refractivity contribution < 1.29 is 0 Å². The van der Waals surface area contributed by atoms with Crippen LogP contribution in [0, 0.1) is 25.2 Å². The highest BCUT2D eigenvalue weighted by atomic mass is 35.5. The van der Waals surface area contributed by atoms with Gasteiger partial charge in [0.25, 0.3) is 0 Å². The molecule has 0 aliphatic heterocycles. The molecule has 0 radical (unpaired) electrons. The zero-order valence-corrected chi connectivity index (χ0v) is 16.6. The van der Waals surface area contributed by atoms with E-state index in [2.05, 4.69) is 21.3 Å². The molecule has 1 heterocycles. The number of aromatic nitrogens is 1. The number of thioether (sulfide) groups is 1. The Morgan fingerprint density at radius 2 is 1.74 bits per heavy atom. The topological polar surface area (TPSA) is 61.4 Å². The van der Waals surface area contributed by atoms with Crippen molar-refractivity contribution in [2.24, 2.45) is 10.2 Å². The molecule has 0 spiro atoms.